The van der Waals surface area contributed by atoms with Gasteiger partial charge in [-0.2, -0.15) is 0 Å². The molecule has 0 bridgehead atoms. The van der Waals surface area contributed by atoms with E-state index in [0.717, 1.165) is 12.3 Å². The van der Waals surface area contributed by atoms with Crippen molar-refractivity contribution in [1.82, 2.24) is 4.98 Å². The number of thiazole rings is 1. The summed E-state index contributed by atoms with van der Waals surface area (Å²) in [5.74, 6) is 1.24. The monoisotopic (exact) mass is 197 g/mol. The summed E-state index contributed by atoms with van der Waals surface area (Å²) in [5.41, 5.74) is 1.82. The summed E-state index contributed by atoms with van der Waals surface area (Å²) in [6.07, 6.45) is 5.07. The number of aliphatic hydroxyl groups excluding tert-OH is 1. The summed E-state index contributed by atoms with van der Waals surface area (Å²) in [4.78, 5) is 5.20. The van der Waals surface area contributed by atoms with Gasteiger partial charge < -0.3 is 5.11 Å². The molecule has 2 atom stereocenters. The summed E-state index contributed by atoms with van der Waals surface area (Å²) in [7, 11) is 0. The molecule has 0 amide bonds. The minimum atomic E-state index is -0.173. The molecule has 0 radical (unpaired) electrons. The maximum absolute atomic E-state index is 9.88. The fraction of sp³-hybridized carbons (Fsp3) is 0.700. The van der Waals surface area contributed by atoms with E-state index in [4.69, 9.17) is 0 Å². The summed E-state index contributed by atoms with van der Waals surface area (Å²) < 4.78 is 0. The third kappa shape index (κ3) is 2.29. The number of rotatable bonds is 4. The van der Waals surface area contributed by atoms with Gasteiger partial charge in [0.15, 0.2) is 0 Å². The van der Waals surface area contributed by atoms with E-state index in [1.807, 2.05) is 11.7 Å². The van der Waals surface area contributed by atoms with Gasteiger partial charge in [0.05, 0.1) is 11.6 Å². The highest BCUT2D eigenvalue weighted by Crippen LogP contribution is 2.38. The van der Waals surface area contributed by atoms with Gasteiger partial charge in [0.25, 0.3) is 0 Å². The van der Waals surface area contributed by atoms with E-state index in [1.165, 1.54) is 17.7 Å². The summed E-state index contributed by atoms with van der Waals surface area (Å²) in [6.45, 7) is 2.16. The van der Waals surface area contributed by atoms with E-state index < -0.39 is 0 Å². The third-order valence-electron chi connectivity index (χ3n) is 2.87. The Morgan fingerprint density at radius 3 is 3.00 bits per heavy atom. The Kier molecular flexibility index (Phi) is 2.65. The van der Waals surface area contributed by atoms with Gasteiger partial charge in [0.1, 0.15) is 0 Å². The second-order valence-electron chi connectivity index (χ2n) is 3.94. The number of nitrogens with zero attached hydrogens (tertiary/aromatic N) is 1. The van der Waals surface area contributed by atoms with Gasteiger partial charge >= 0.3 is 0 Å². The molecule has 72 valence electrons. The van der Waals surface area contributed by atoms with Crippen LogP contribution in [0.15, 0.2) is 11.7 Å². The van der Waals surface area contributed by atoms with Crippen molar-refractivity contribution in [3.8, 4) is 0 Å². The van der Waals surface area contributed by atoms with Crippen LogP contribution in [0.5, 0.6) is 0 Å². The van der Waals surface area contributed by atoms with E-state index in [0.29, 0.717) is 5.92 Å². The Hall–Kier alpha value is -0.410. The van der Waals surface area contributed by atoms with Crippen molar-refractivity contribution in [3.63, 3.8) is 0 Å². The Labute approximate surface area is 82.6 Å². The lowest BCUT2D eigenvalue weighted by Gasteiger charge is -2.16. The highest BCUT2D eigenvalue weighted by Gasteiger charge is 2.32. The molecule has 1 N–H and O–H groups in total. The van der Waals surface area contributed by atoms with Gasteiger partial charge in [0, 0.05) is 17.5 Å². The van der Waals surface area contributed by atoms with E-state index in [1.54, 1.807) is 11.3 Å². The molecule has 1 aliphatic rings. The molecule has 1 heterocycles. The average Bonchev–Trinajstić information content (AvgIpc) is 2.85. The first-order valence-corrected chi connectivity index (χ1v) is 5.71. The zero-order chi connectivity index (χ0) is 9.26. The van der Waals surface area contributed by atoms with Crippen LogP contribution in [0.4, 0.5) is 0 Å². The quantitative estimate of drug-likeness (QED) is 0.801. The van der Waals surface area contributed by atoms with Crippen molar-refractivity contribution in [2.45, 2.75) is 32.3 Å². The van der Waals surface area contributed by atoms with Crippen molar-refractivity contribution in [1.29, 1.82) is 0 Å². The van der Waals surface area contributed by atoms with Crippen LogP contribution >= 0.6 is 11.3 Å². The summed E-state index contributed by atoms with van der Waals surface area (Å²) in [5, 5.41) is 9.88. The smallest absolute Gasteiger partial charge is 0.0794 e. The molecule has 1 saturated carbocycles. The van der Waals surface area contributed by atoms with Crippen LogP contribution in [0.3, 0.4) is 0 Å². The molecule has 1 fully saturated rings. The molecule has 1 aliphatic carbocycles. The Bertz CT molecular complexity index is 256. The van der Waals surface area contributed by atoms with Crippen LogP contribution < -0.4 is 0 Å². The molecule has 2 nitrogen and oxygen atoms in total. The molecule has 13 heavy (non-hydrogen) atoms. The van der Waals surface area contributed by atoms with E-state index >= 15 is 0 Å². The van der Waals surface area contributed by atoms with Gasteiger partial charge in [-0.3, -0.25) is 4.98 Å². The predicted octanol–water partition coefficient (Wildman–Crippen LogP) is 2.09. The predicted molar refractivity (Wildman–Crippen MR) is 53.7 cm³/mol. The zero-order valence-corrected chi connectivity index (χ0v) is 8.63. The molecular formula is C10H15NOS. The molecule has 2 rings (SSSR count). The minimum absolute atomic E-state index is 0.173. The number of aromatic nitrogens is 1. The van der Waals surface area contributed by atoms with Crippen molar-refractivity contribution in [2.75, 3.05) is 0 Å². The lowest BCUT2D eigenvalue weighted by molar-refractivity contribution is 0.106. The first kappa shape index (κ1) is 9.16. The van der Waals surface area contributed by atoms with E-state index in [9.17, 15) is 5.11 Å². The fourth-order valence-electron chi connectivity index (χ4n) is 1.67. The minimum Gasteiger partial charge on any atom is -0.392 e. The van der Waals surface area contributed by atoms with Gasteiger partial charge in [-0.05, 0) is 24.7 Å². The molecule has 0 aliphatic heterocycles. The van der Waals surface area contributed by atoms with Gasteiger partial charge in [-0.15, -0.1) is 11.3 Å². The topological polar surface area (TPSA) is 33.1 Å². The van der Waals surface area contributed by atoms with Gasteiger partial charge in [-0.1, -0.05) is 6.92 Å². The molecule has 0 saturated heterocycles. The van der Waals surface area contributed by atoms with Crippen LogP contribution in [0, 0.1) is 11.8 Å². The Morgan fingerprint density at radius 2 is 2.46 bits per heavy atom. The van der Waals surface area contributed by atoms with E-state index in [2.05, 4.69) is 11.9 Å². The summed E-state index contributed by atoms with van der Waals surface area (Å²) >= 11 is 1.63. The molecule has 3 heteroatoms. The lowest BCUT2D eigenvalue weighted by Crippen LogP contribution is -2.21. The van der Waals surface area contributed by atoms with Crippen LogP contribution in [0.25, 0.3) is 0 Å². The summed E-state index contributed by atoms with van der Waals surface area (Å²) in [6, 6.07) is 0. The highest BCUT2D eigenvalue weighted by molar-refractivity contribution is 7.09. The Morgan fingerprint density at radius 1 is 1.69 bits per heavy atom. The maximum atomic E-state index is 9.88. The van der Waals surface area contributed by atoms with Gasteiger partial charge in [-0.25, -0.2) is 0 Å². The zero-order valence-electron chi connectivity index (χ0n) is 7.81. The van der Waals surface area contributed by atoms with Crippen LogP contribution in [0.1, 0.15) is 24.6 Å². The maximum Gasteiger partial charge on any atom is 0.0794 e. The fourth-order valence-corrected chi connectivity index (χ4v) is 2.32. The number of hydrogen-bond donors (Lipinski definition) is 1. The van der Waals surface area contributed by atoms with Crippen molar-refractivity contribution in [2.24, 2.45) is 11.8 Å². The van der Waals surface area contributed by atoms with Crippen LogP contribution in [-0.4, -0.2) is 16.2 Å². The first-order valence-electron chi connectivity index (χ1n) is 4.83. The number of hydrogen-bond acceptors (Lipinski definition) is 3. The second kappa shape index (κ2) is 3.76. The van der Waals surface area contributed by atoms with E-state index in [-0.39, 0.29) is 6.10 Å². The SMILES string of the molecule is CC(C(O)Cc1cncs1)C1CC1. The van der Waals surface area contributed by atoms with Crippen molar-refractivity contribution >= 4 is 11.3 Å². The van der Waals surface area contributed by atoms with Crippen molar-refractivity contribution < 1.29 is 5.11 Å². The van der Waals surface area contributed by atoms with Gasteiger partial charge in [0.2, 0.25) is 0 Å². The normalized spacial score (nSPS) is 21.4. The van der Waals surface area contributed by atoms with Crippen molar-refractivity contribution in [3.05, 3.63) is 16.6 Å². The van der Waals surface area contributed by atoms with Crippen LogP contribution in [0.2, 0.25) is 0 Å². The molecule has 0 spiro atoms. The molecular weight excluding hydrogens is 182 g/mol. The third-order valence-corrected chi connectivity index (χ3v) is 3.67. The highest BCUT2D eigenvalue weighted by atomic mass is 32.1. The average molecular weight is 197 g/mol. The number of aliphatic hydroxyl groups is 1. The molecule has 1 aromatic rings. The standard InChI is InChI=1S/C10H15NOS/c1-7(8-2-3-8)10(12)4-9-5-11-6-13-9/h5-8,10,12H,2-4H2,1H3. The lowest BCUT2D eigenvalue weighted by atomic mass is 9.96. The molecule has 2 unspecified atom stereocenters. The molecule has 1 aromatic heterocycles. The Balaban J connectivity index is 1.86. The largest absolute Gasteiger partial charge is 0.392 e. The first-order chi connectivity index (χ1) is 6.27. The second-order valence-corrected chi connectivity index (χ2v) is 4.91. The molecule has 0 aromatic carbocycles. The van der Waals surface area contributed by atoms with Crippen LogP contribution in [-0.2, 0) is 6.42 Å².